The van der Waals surface area contributed by atoms with Crippen LogP contribution in [0, 0.1) is 0 Å². The van der Waals surface area contributed by atoms with Crippen LogP contribution in [-0.2, 0) is 14.2 Å². The standard InChI is InChI=1S/C19H20O6/c1-19(23-8-9-24-19)10-11-6-7-13-16(20)12-4-3-5-14(22-2)15(12)17(21)18(13)25-11/h3-5,11H,6-10H2,1-2H3. The van der Waals surface area contributed by atoms with Gasteiger partial charge < -0.3 is 18.9 Å². The molecule has 1 atom stereocenters. The van der Waals surface area contributed by atoms with E-state index < -0.39 is 5.79 Å². The summed E-state index contributed by atoms with van der Waals surface area (Å²) in [5.74, 6) is -0.589. The number of ether oxygens (including phenoxy) is 4. The number of benzene rings is 1. The molecule has 1 aromatic carbocycles. The van der Waals surface area contributed by atoms with Gasteiger partial charge in [0.25, 0.3) is 0 Å². The van der Waals surface area contributed by atoms with E-state index in [0.717, 1.165) is 0 Å². The van der Waals surface area contributed by atoms with Crippen molar-refractivity contribution in [2.45, 2.75) is 38.1 Å². The van der Waals surface area contributed by atoms with Crippen molar-refractivity contribution >= 4 is 11.6 Å². The predicted molar refractivity (Wildman–Crippen MR) is 87.7 cm³/mol. The van der Waals surface area contributed by atoms with E-state index in [1.807, 2.05) is 6.92 Å². The number of rotatable bonds is 3. The van der Waals surface area contributed by atoms with Crippen molar-refractivity contribution in [3.05, 3.63) is 40.7 Å². The largest absolute Gasteiger partial charge is 0.496 e. The van der Waals surface area contributed by atoms with Crippen molar-refractivity contribution in [1.82, 2.24) is 0 Å². The fourth-order valence-electron chi connectivity index (χ4n) is 3.76. The fraction of sp³-hybridized carbons (Fsp3) is 0.474. The zero-order valence-electron chi connectivity index (χ0n) is 14.3. The van der Waals surface area contributed by atoms with E-state index in [9.17, 15) is 9.59 Å². The molecule has 2 aliphatic heterocycles. The molecule has 3 aliphatic rings. The molecule has 4 rings (SSSR count). The normalized spacial score (nSPS) is 24.6. The molecule has 1 aromatic rings. The Bertz CT molecular complexity index is 772. The van der Waals surface area contributed by atoms with E-state index >= 15 is 0 Å². The van der Waals surface area contributed by atoms with Crippen LogP contribution in [0.1, 0.15) is 46.9 Å². The summed E-state index contributed by atoms with van der Waals surface area (Å²) in [5, 5.41) is 0. The summed E-state index contributed by atoms with van der Waals surface area (Å²) in [5.41, 5.74) is 1.13. The lowest BCUT2D eigenvalue weighted by molar-refractivity contribution is -0.165. The maximum Gasteiger partial charge on any atom is 0.232 e. The summed E-state index contributed by atoms with van der Waals surface area (Å²) < 4.78 is 22.5. The number of hydrogen-bond donors (Lipinski definition) is 0. The van der Waals surface area contributed by atoms with Crippen LogP contribution in [0.15, 0.2) is 29.5 Å². The number of allylic oxidation sites excluding steroid dienone is 2. The molecular weight excluding hydrogens is 324 g/mol. The lowest BCUT2D eigenvalue weighted by Gasteiger charge is -2.34. The number of fused-ring (bicyclic) bond motifs is 1. The Morgan fingerprint density at radius 3 is 2.68 bits per heavy atom. The van der Waals surface area contributed by atoms with Gasteiger partial charge in [0.2, 0.25) is 5.78 Å². The van der Waals surface area contributed by atoms with Crippen LogP contribution in [-0.4, -0.2) is 43.8 Å². The van der Waals surface area contributed by atoms with Gasteiger partial charge in [0.05, 0.1) is 25.9 Å². The zero-order chi connectivity index (χ0) is 17.6. The molecule has 25 heavy (non-hydrogen) atoms. The van der Waals surface area contributed by atoms with Crippen molar-refractivity contribution in [2.24, 2.45) is 0 Å². The molecule has 6 nitrogen and oxygen atoms in total. The van der Waals surface area contributed by atoms with E-state index in [1.165, 1.54) is 7.11 Å². The first-order chi connectivity index (χ1) is 12.0. The van der Waals surface area contributed by atoms with E-state index in [-0.39, 0.29) is 29.0 Å². The van der Waals surface area contributed by atoms with Crippen molar-refractivity contribution in [2.75, 3.05) is 20.3 Å². The average Bonchev–Trinajstić information content (AvgIpc) is 3.05. The number of methoxy groups -OCH3 is 1. The molecule has 1 aliphatic carbocycles. The number of carbonyl (C=O) groups excluding carboxylic acids is 2. The van der Waals surface area contributed by atoms with Crippen LogP contribution in [0.25, 0.3) is 0 Å². The molecule has 0 radical (unpaired) electrons. The molecule has 1 fully saturated rings. The smallest absolute Gasteiger partial charge is 0.232 e. The highest BCUT2D eigenvalue weighted by molar-refractivity contribution is 6.27. The molecule has 0 N–H and O–H groups in total. The van der Waals surface area contributed by atoms with Crippen LogP contribution < -0.4 is 4.74 Å². The quantitative estimate of drug-likeness (QED) is 0.839. The van der Waals surface area contributed by atoms with Gasteiger partial charge >= 0.3 is 0 Å². The molecule has 2 heterocycles. The second-order valence-corrected chi connectivity index (χ2v) is 6.66. The topological polar surface area (TPSA) is 71.1 Å². The Morgan fingerprint density at radius 2 is 1.96 bits per heavy atom. The van der Waals surface area contributed by atoms with Crippen LogP contribution >= 0.6 is 0 Å². The number of carbonyl (C=O) groups is 2. The minimum atomic E-state index is -0.694. The monoisotopic (exact) mass is 344 g/mol. The van der Waals surface area contributed by atoms with Crippen molar-refractivity contribution < 1.29 is 28.5 Å². The molecule has 1 saturated heterocycles. The molecule has 1 unspecified atom stereocenters. The second-order valence-electron chi connectivity index (χ2n) is 6.66. The Balaban J connectivity index is 1.64. The highest BCUT2D eigenvalue weighted by Gasteiger charge is 2.42. The van der Waals surface area contributed by atoms with Crippen molar-refractivity contribution in [3.8, 4) is 5.75 Å². The summed E-state index contributed by atoms with van der Waals surface area (Å²) in [6.07, 6.45) is 1.45. The van der Waals surface area contributed by atoms with E-state index in [2.05, 4.69) is 0 Å². The second kappa shape index (κ2) is 5.97. The zero-order valence-corrected chi connectivity index (χ0v) is 14.3. The summed E-state index contributed by atoms with van der Waals surface area (Å²) in [6.45, 7) is 2.98. The summed E-state index contributed by atoms with van der Waals surface area (Å²) >= 11 is 0. The van der Waals surface area contributed by atoms with E-state index in [1.54, 1.807) is 18.2 Å². The Kier molecular flexibility index (Phi) is 3.89. The van der Waals surface area contributed by atoms with Crippen molar-refractivity contribution in [3.63, 3.8) is 0 Å². The number of ketones is 2. The van der Waals surface area contributed by atoms with E-state index in [0.29, 0.717) is 49.4 Å². The first kappa shape index (κ1) is 16.3. The highest BCUT2D eigenvalue weighted by atomic mass is 16.7. The molecule has 0 aromatic heterocycles. The van der Waals surface area contributed by atoms with Crippen LogP contribution in [0.5, 0.6) is 5.75 Å². The maximum absolute atomic E-state index is 13.0. The maximum atomic E-state index is 13.0. The van der Waals surface area contributed by atoms with Gasteiger partial charge in [-0.2, -0.15) is 0 Å². The summed E-state index contributed by atoms with van der Waals surface area (Å²) in [6, 6.07) is 5.06. The fourth-order valence-corrected chi connectivity index (χ4v) is 3.76. The first-order valence-electron chi connectivity index (χ1n) is 8.46. The van der Waals surface area contributed by atoms with Gasteiger partial charge in [0.1, 0.15) is 11.9 Å². The SMILES string of the molecule is COc1cccc2c1C(=O)C1=C(CCC(CC3(C)OCCO3)O1)C2=O. The van der Waals surface area contributed by atoms with Gasteiger partial charge in [-0.3, -0.25) is 9.59 Å². The molecule has 6 heteroatoms. The summed E-state index contributed by atoms with van der Waals surface area (Å²) in [7, 11) is 1.48. The number of Topliss-reactive ketones (excluding diaryl/α,β-unsaturated/α-hetero) is 2. The minimum Gasteiger partial charge on any atom is -0.496 e. The van der Waals surface area contributed by atoms with Gasteiger partial charge in [-0.1, -0.05) is 12.1 Å². The molecule has 0 spiro atoms. The lowest BCUT2D eigenvalue weighted by atomic mass is 9.83. The average molecular weight is 344 g/mol. The Hall–Kier alpha value is -2.18. The molecule has 132 valence electrons. The third-order valence-electron chi connectivity index (χ3n) is 4.97. The van der Waals surface area contributed by atoms with Crippen LogP contribution in [0.4, 0.5) is 0 Å². The first-order valence-corrected chi connectivity index (χ1v) is 8.46. The van der Waals surface area contributed by atoms with Gasteiger partial charge in [0.15, 0.2) is 17.3 Å². The third kappa shape index (κ3) is 2.65. The van der Waals surface area contributed by atoms with Gasteiger partial charge in [-0.05, 0) is 25.8 Å². The van der Waals surface area contributed by atoms with Crippen LogP contribution in [0.2, 0.25) is 0 Å². The van der Waals surface area contributed by atoms with Crippen LogP contribution in [0.3, 0.4) is 0 Å². The molecule has 0 bridgehead atoms. The predicted octanol–water partition coefficient (Wildman–Crippen LogP) is 2.66. The van der Waals surface area contributed by atoms with Crippen molar-refractivity contribution in [1.29, 1.82) is 0 Å². The lowest BCUT2D eigenvalue weighted by Crippen LogP contribution is -2.37. The van der Waals surface area contributed by atoms with Gasteiger partial charge in [-0.15, -0.1) is 0 Å². The van der Waals surface area contributed by atoms with Gasteiger partial charge in [0, 0.05) is 17.6 Å². The molecule has 0 amide bonds. The highest BCUT2D eigenvalue weighted by Crippen LogP contribution is 2.39. The number of hydrogen-bond acceptors (Lipinski definition) is 6. The minimum absolute atomic E-state index is 0.151. The molecule has 0 saturated carbocycles. The Labute approximate surface area is 145 Å². The third-order valence-corrected chi connectivity index (χ3v) is 4.97. The van der Waals surface area contributed by atoms with E-state index in [4.69, 9.17) is 18.9 Å². The summed E-state index contributed by atoms with van der Waals surface area (Å²) in [4.78, 5) is 25.7. The Morgan fingerprint density at radius 1 is 1.20 bits per heavy atom. The van der Waals surface area contributed by atoms with Gasteiger partial charge in [-0.25, -0.2) is 0 Å². The molecular formula is C19H20O6.